The summed E-state index contributed by atoms with van der Waals surface area (Å²) in [5.41, 5.74) is 6.85. The van der Waals surface area contributed by atoms with Crippen molar-refractivity contribution < 1.29 is 0 Å². The second-order valence-corrected chi connectivity index (χ2v) is 10.0. The van der Waals surface area contributed by atoms with Crippen LogP contribution in [-0.2, 0) is 0 Å². The second kappa shape index (κ2) is 8.00. The molecule has 0 aliphatic carbocycles. The van der Waals surface area contributed by atoms with Gasteiger partial charge in [-0.3, -0.25) is 0 Å². The molecular weight excluding hydrogens is 496 g/mol. The van der Waals surface area contributed by atoms with Crippen LogP contribution in [0.15, 0.2) is 127 Å². The third-order valence-electron chi connectivity index (χ3n) is 7.74. The van der Waals surface area contributed by atoms with Gasteiger partial charge in [-0.1, -0.05) is 97.1 Å². The highest BCUT2D eigenvalue weighted by Gasteiger charge is 2.26. The van der Waals surface area contributed by atoms with E-state index in [4.69, 9.17) is 30.0 Å². The predicted molar refractivity (Wildman–Crippen MR) is 153 cm³/mol. The van der Waals surface area contributed by atoms with E-state index in [2.05, 4.69) is 58.5 Å². The van der Waals surface area contributed by atoms with Gasteiger partial charge in [0.05, 0.1) is 0 Å². The highest BCUT2D eigenvalue weighted by Crippen LogP contribution is 2.32. The molecule has 188 valence electrons. The molecule has 3 aliphatic heterocycles. The Morgan fingerprint density at radius 2 is 0.775 bits per heavy atom. The van der Waals surface area contributed by atoms with Crippen LogP contribution in [-0.4, -0.2) is 21.6 Å². The van der Waals surface area contributed by atoms with Crippen molar-refractivity contribution in [3.63, 3.8) is 0 Å². The average molecular weight is 517 g/mol. The van der Waals surface area contributed by atoms with E-state index in [1.165, 1.54) is 0 Å². The summed E-state index contributed by atoms with van der Waals surface area (Å²) in [4.78, 5) is 37.2. The summed E-state index contributed by atoms with van der Waals surface area (Å²) in [7, 11) is 0. The molecule has 2 N–H and O–H groups in total. The first-order chi connectivity index (χ1) is 19.8. The minimum absolute atomic E-state index is 0.433. The van der Waals surface area contributed by atoms with Gasteiger partial charge >= 0.3 is 0 Å². The average Bonchev–Trinajstić information content (AvgIpc) is 3.73. The van der Waals surface area contributed by atoms with Crippen LogP contribution in [0.5, 0.6) is 0 Å². The lowest BCUT2D eigenvalue weighted by Gasteiger charge is -2.02. The van der Waals surface area contributed by atoms with Crippen LogP contribution < -0.4 is 22.0 Å². The molecule has 0 spiro atoms. The van der Waals surface area contributed by atoms with Crippen LogP contribution in [0.25, 0.3) is 21.5 Å². The van der Waals surface area contributed by atoms with E-state index in [1.54, 1.807) is 0 Å². The summed E-state index contributed by atoms with van der Waals surface area (Å²) in [6.45, 7) is 0. The summed E-state index contributed by atoms with van der Waals surface area (Å²) in [6.07, 6.45) is -0.867. The fraction of sp³-hybridized carbons (Fsp3) is 0.0625. The summed E-state index contributed by atoms with van der Waals surface area (Å²) in [6, 6.07) is 32.6. The second-order valence-electron chi connectivity index (χ2n) is 10.0. The van der Waals surface area contributed by atoms with E-state index in [0.29, 0.717) is 22.6 Å². The van der Waals surface area contributed by atoms with Crippen molar-refractivity contribution in [1.29, 1.82) is 0 Å². The maximum atomic E-state index is 5.10. The van der Waals surface area contributed by atoms with Crippen molar-refractivity contribution in [2.75, 3.05) is 0 Å². The van der Waals surface area contributed by atoms with E-state index >= 15 is 0 Å². The van der Waals surface area contributed by atoms with Crippen LogP contribution in [0, 0.1) is 0 Å². The Kier molecular flexibility index (Phi) is 4.29. The highest BCUT2D eigenvalue weighted by molar-refractivity contribution is 6.04. The molecule has 0 radical (unpaired) electrons. The monoisotopic (exact) mass is 516 g/mol. The van der Waals surface area contributed by atoms with Crippen molar-refractivity contribution in [3.8, 4) is 0 Å². The molecule has 8 heteroatoms. The number of fused-ring (bicyclic) bond motifs is 18. The standard InChI is InChI=1S/C32H20N8/c1-2-10-18-17(9-1)25-33-26(18)38-28-21-13-5-6-14-22(21)30(35-28)40-32-24-16-8-7-15-23(24)31(36-32)39-29-20-12-4-3-11-19(20)27(34-29)37-25/h1-16,25,32H,(H,33,35,38,40)(H,34,36,37,39). The summed E-state index contributed by atoms with van der Waals surface area (Å²) in [5, 5.41) is 3.92. The fourth-order valence-corrected chi connectivity index (χ4v) is 5.86. The van der Waals surface area contributed by atoms with Gasteiger partial charge in [-0.05, 0) is 0 Å². The number of amidine groups is 2. The van der Waals surface area contributed by atoms with E-state index in [-0.39, 0.29) is 0 Å². The maximum Gasteiger partial charge on any atom is 0.170 e. The molecule has 2 unspecified atom stereocenters. The van der Waals surface area contributed by atoms with Crippen molar-refractivity contribution in [2.45, 2.75) is 12.3 Å². The Morgan fingerprint density at radius 1 is 0.400 bits per heavy atom. The van der Waals surface area contributed by atoms with Gasteiger partial charge in [0.15, 0.2) is 24.0 Å². The zero-order chi connectivity index (χ0) is 26.2. The minimum Gasteiger partial charge on any atom is -0.324 e. The Morgan fingerprint density at radius 3 is 1.23 bits per heavy atom. The molecule has 8 nitrogen and oxygen atoms in total. The minimum atomic E-state index is -0.433. The van der Waals surface area contributed by atoms with Crippen molar-refractivity contribution in [1.82, 2.24) is 9.97 Å². The number of hydrogen-bond acceptors (Lipinski definition) is 6. The summed E-state index contributed by atoms with van der Waals surface area (Å²) < 4.78 is 0. The Balaban J connectivity index is 1.43. The largest absolute Gasteiger partial charge is 0.324 e. The molecule has 0 amide bonds. The van der Waals surface area contributed by atoms with Gasteiger partial charge in [-0.25, -0.2) is 30.0 Å². The van der Waals surface area contributed by atoms with E-state index in [0.717, 1.165) is 54.8 Å². The number of aromatic amines is 2. The third-order valence-corrected chi connectivity index (χ3v) is 7.74. The molecule has 9 rings (SSSR count). The van der Waals surface area contributed by atoms with Crippen molar-refractivity contribution >= 4 is 33.2 Å². The lowest BCUT2D eigenvalue weighted by molar-refractivity contribution is 0.757. The SMILES string of the molecule is c1ccc2c(c1)C1=NC2/N=c2\[nH]c(c3ccccc23)=NC2=NC(/N=c3\[nH]c(c4ccccc34)=N1)c1ccccc12. The van der Waals surface area contributed by atoms with Crippen LogP contribution in [0.2, 0.25) is 0 Å². The first kappa shape index (κ1) is 21.4. The van der Waals surface area contributed by atoms with Crippen LogP contribution in [0.3, 0.4) is 0 Å². The first-order valence-electron chi connectivity index (χ1n) is 13.2. The molecule has 4 aromatic carbocycles. The molecule has 8 bridgehead atoms. The number of aromatic nitrogens is 2. The smallest absolute Gasteiger partial charge is 0.170 e. The lowest BCUT2D eigenvalue weighted by Crippen LogP contribution is -2.14. The molecule has 0 saturated heterocycles. The fourth-order valence-electron chi connectivity index (χ4n) is 5.86. The van der Waals surface area contributed by atoms with Crippen LogP contribution >= 0.6 is 0 Å². The van der Waals surface area contributed by atoms with Crippen LogP contribution in [0.1, 0.15) is 34.6 Å². The molecule has 2 atom stereocenters. The Labute approximate surface area is 226 Å². The highest BCUT2D eigenvalue weighted by atomic mass is 15.1. The van der Waals surface area contributed by atoms with Gasteiger partial charge in [0.1, 0.15) is 22.0 Å². The summed E-state index contributed by atoms with van der Waals surface area (Å²) >= 11 is 0. The Hall–Kier alpha value is -5.50. The predicted octanol–water partition coefficient (Wildman–Crippen LogP) is 3.76. The van der Waals surface area contributed by atoms with Crippen LogP contribution in [0.4, 0.5) is 0 Å². The van der Waals surface area contributed by atoms with E-state index in [9.17, 15) is 0 Å². The molecule has 3 aliphatic rings. The van der Waals surface area contributed by atoms with Gasteiger partial charge in [-0.2, -0.15) is 0 Å². The molecule has 5 heterocycles. The molecule has 40 heavy (non-hydrogen) atoms. The quantitative estimate of drug-likeness (QED) is 0.307. The van der Waals surface area contributed by atoms with E-state index < -0.39 is 12.3 Å². The number of H-pyrrole nitrogens is 2. The van der Waals surface area contributed by atoms with E-state index in [1.807, 2.05) is 48.5 Å². The molecular formula is C32H20N8. The molecule has 2 aromatic heterocycles. The number of rotatable bonds is 0. The normalized spacial score (nSPS) is 20.3. The maximum absolute atomic E-state index is 5.10. The van der Waals surface area contributed by atoms with Crippen molar-refractivity contribution in [2.24, 2.45) is 30.0 Å². The van der Waals surface area contributed by atoms with Gasteiger partial charge in [0.2, 0.25) is 0 Å². The number of benzene rings is 4. The van der Waals surface area contributed by atoms with Gasteiger partial charge in [-0.15, -0.1) is 0 Å². The van der Waals surface area contributed by atoms with Gasteiger partial charge in [0, 0.05) is 43.8 Å². The number of nitrogens with zero attached hydrogens (tertiary/aromatic N) is 6. The first-order valence-corrected chi connectivity index (χ1v) is 13.2. The topological polar surface area (TPSA) is 106 Å². The third kappa shape index (κ3) is 3.07. The zero-order valence-electron chi connectivity index (χ0n) is 21.1. The number of nitrogens with one attached hydrogen (secondary N) is 2. The number of aliphatic imine (C=N–C) groups is 2. The zero-order valence-corrected chi connectivity index (χ0v) is 21.1. The molecule has 0 fully saturated rings. The number of hydrogen-bond donors (Lipinski definition) is 2. The lowest BCUT2D eigenvalue weighted by atomic mass is 10.1. The Bertz CT molecular complexity index is 2190. The van der Waals surface area contributed by atoms with Crippen molar-refractivity contribution in [3.05, 3.63) is 141 Å². The van der Waals surface area contributed by atoms with Gasteiger partial charge in [0.25, 0.3) is 0 Å². The molecule has 0 saturated carbocycles. The summed E-state index contributed by atoms with van der Waals surface area (Å²) in [5.74, 6) is 1.28. The molecule has 6 aromatic rings. The van der Waals surface area contributed by atoms with Gasteiger partial charge < -0.3 is 9.97 Å².